The Hall–Kier alpha value is -1.61. The summed E-state index contributed by atoms with van der Waals surface area (Å²) in [6, 6.07) is 8.40. The summed E-state index contributed by atoms with van der Waals surface area (Å²) >= 11 is 0. The van der Waals surface area contributed by atoms with Gasteiger partial charge in [-0.05, 0) is 30.5 Å². The van der Waals surface area contributed by atoms with E-state index in [9.17, 15) is 4.79 Å². The summed E-state index contributed by atoms with van der Waals surface area (Å²) in [6.07, 6.45) is 6.55. The van der Waals surface area contributed by atoms with Gasteiger partial charge in [0.25, 0.3) is 5.91 Å². The minimum atomic E-state index is -0.0462. The van der Waals surface area contributed by atoms with E-state index < -0.39 is 0 Å². The van der Waals surface area contributed by atoms with E-state index in [1.54, 1.807) is 7.05 Å². The van der Waals surface area contributed by atoms with Gasteiger partial charge in [-0.25, -0.2) is 0 Å². The number of likely N-dealkylation sites (tertiary alicyclic amines) is 1. The van der Waals surface area contributed by atoms with Gasteiger partial charge in [-0.15, -0.1) is 24.0 Å². The second kappa shape index (κ2) is 10.7. The molecule has 1 atom stereocenters. The van der Waals surface area contributed by atoms with Crippen molar-refractivity contribution in [1.82, 2.24) is 20.4 Å². The topological polar surface area (TPSA) is 60.0 Å². The lowest BCUT2D eigenvalue weighted by molar-refractivity contribution is 0.0963. The molecule has 2 heterocycles. The van der Waals surface area contributed by atoms with Gasteiger partial charge in [0, 0.05) is 58.4 Å². The van der Waals surface area contributed by atoms with Crippen molar-refractivity contribution in [2.45, 2.75) is 18.9 Å². The number of guanidine groups is 1. The molecule has 1 aromatic carbocycles. The summed E-state index contributed by atoms with van der Waals surface area (Å²) in [5.41, 5.74) is 1.85. The number of nitrogens with one attached hydrogen (secondary N) is 2. The molecule has 148 valence electrons. The second-order valence-corrected chi connectivity index (χ2v) is 6.82. The first-order chi connectivity index (χ1) is 12.7. The van der Waals surface area contributed by atoms with Crippen molar-refractivity contribution in [3.63, 3.8) is 0 Å². The number of aliphatic imine (C=N–C) groups is 1. The van der Waals surface area contributed by atoms with E-state index in [1.165, 1.54) is 6.42 Å². The summed E-state index contributed by atoms with van der Waals surface area (Å²) in [5, 5.41) is 6.14. The van der Waals surface area contributed by atoms with Crippen molar-refractivity contribution in [1.29, 1.82) is 0 Å². The molecule has 27 heavy (non-hydrogen) atoms. The van der Waals surface area contributed by atoms with Crippen LogP contribution in [0, 0.1) is 0 Å². The van der Waals surface area contributed by atoms with Gasteiger partial charge in [-0.3, -0.25) is 14.7 Å². The standard InChI is InChI=1S/C20H29N5O.HI/c1-21-19(26)17-7-5-6-16(14-17)8-10-23-20(22-2)25-13-9-18(15-25)24-11-3-4-12-24;/h3-7,14,18H,8-13,15H2,1-2H3,(H,21,26)(H,22,23);1H. The van der Waals surface area contributed by atoms with Crippen molar-refractivity contribution < 1.29 is 4.79 Å². The Bertz CT molecular complexity index is 683. The van der Waals surface area contributed by atoms with E-state index >= 15 is 0 Å². The van der Waals surface area contributed by atoms with Crippen LogP contribution in [0.15, 0.2) is 41.4 Å². The summed E-state index contributed by atoms with van der Waals surface area (Å²) in [4.78, 5) is 21.1. The van der Waals surface area contributed by atoms with Gasteiger partial charge in [-0.1, -0.05) is 24.3 Å². The van der Waals surface area contributed by atoms with Crippen molar-refractivity contribution in [2.24, 2.45) is 4.99 Å². The monoisotopic (exact) mass is 483 g/mol. The fraction of sp³-hybridized carbons (Fsp3) is 0.500. The Morgan fingerprint density at radius 3 is 2.78 bits per heavy atom. The molecule has 1 saturated heterocycles. The quantitative estimate of drug-likeness (QED) is 0.290. The summed E-state index contributed by atoms with van der Waals surface area (Å²) in [5.74, 6) is 0.928. The Morgan fingerprint density at radius 1 is 1.30 bits per heavy atom. The molecule has 1 unspecified atom stereocenters. The third kappa shape index (κ3) is 5.68. The number of nitrogens with zero attached hydrogens (tertiary/aromatic N) is 3. The van der Waals surface area contributed by atoms with Gasteiger partial charge in [0.15, 0.2) is 5.96 Å². The van der Waals surface area contributed by atoms with Crippen molar-refractivity contribution in [2.75, 3.05) is 46.8 Å². The van der Waals surface area contributed by atoms with E-state index in [0.717, 1.165) is 50.7 Å². The van der Waals surface area contributed by atoms with Crippen LogP contribution in [0.2, 0.25) is 0 Å². The van der Waals surface area contributed by atoms with Crippen LogP contribution in [0.25, 0.3) is 0 Å². The summed E-state index contributed by atoms with van der Waals surface area (Å²) in [6.45, 7) is 5.04. The van der Waals surface area contributed by atoms with Crippen LogP contribution >= 0.6 is 24.0 Å². The molecular formula is C20H30IN5O. The van der Waals surface area contributed by atoms with Gasteiger partial charge in [0.05, 0.1) is 0 Å². The van der Waals surface area contributed by atoms with E-state index in [1.807, 2.05) is 25.2 Å². The van der Waals surface area contributed by atoms with Crippen LogP contribution < -0.4 is 10.6 Å². The lowest BCUT2D eigenvalue weighted by atomic mass is 10.1. The van der Waals surface area contributed by atoms with E-state index in [-0.39, 0.29) is 29.9 Å². The van der Waals surface area contributed by atoms with Gasteiger partial charge in [0.2, 0.25) is 0 Å². The zero-order chi connectivity index (χ0) is 18.4. The number of carbonyl (C=O) groups is 1. The maximum atomic E-state index is 11.7. The molecule has 2 aliphatic heterocycles. The van der Waals surface area contributed by atoms with Gasteiger partial charge in [-0.2, -0.15) is 0 Å². The molecule has 0 aliphatic carbocycles. The molecule has 1 fully saturated rings. The van der Waals surface area contributed by atoms with Gasteiger partial charge < -0.3 is 15.5 Å². The van der Waals surface area contributed by atoms with Crippen molar-refractivity contribution in [3.8, 4) is 0 Å². The van der Waals surface area contributed by atoms with Crippen LogP contribution in [0.3, 0.4) is 0 Å². The Labute approximate surface area is 179 Å². The highest BCUT2D eigenvalue weighted by molar-refractivity contribution is 14.0. The number of halogens is 1. The minimum Gasteiger partial charge on any atom is -0.356 e. The number of hydrogen-bond acceptors (Lipinski definition) is 3. The smallest absolute Gasteiger partial charge is 0.251 e. The average Bonchev–Trinajstić information content (AvgIpc) is 3.36. The number of carbonyl (C=O) groups excluding carboxylic acids is 1. The first-order valence-electron chi connectivity index (χ1n) is 9.37. The van der Waals surface area contributed by atoms with Crippen LogP contribution in [0.4, 0.5) is 0 Å². The van der Waals surface area contributed by atoms with Crippen LogP contribution in [-0.4, -0.2) is 74.5 Å². The molecule has 1 amide bonds. The number of amides is 1. The molecule has 2 aliphatic rings. The molecule has 0 bridgehead atoms. The Morgan fingerprint density at radius 2 is 2.07 bits per heavy atom. The van der Waals surface area contributed by atoms with Crippen molar-refractivity contribution in [3.05, 3.63) is 47.5 Å². The first-order valence-corrected chi connectivity index (χ1v) is 9.37. The Balaban J connectivity index is 0.00000261. The van der Waals surface area contributed by atoms with Gasteiger partial charge in [0.1, 0.15) is 0 Å². The van der Waals surface area contributed by atoms with Crippen molar-refractivity contribution >= 4 is 35.8 Å². The number of hydrogen-bond donors (Lipinski definition) is 2. The maximum Gasteiger partial charge on any atom is 0.251 e. The highest BCUT2D eigenvalue weighted by Crippen LogP contribution is 2.17. The summed E-state index contributed by atoms with van der Waals surface area (Å²) in [7, 11) is 3.50. The second-order valence-electron chi connectivity index (χ2n) is 6.82. The fourth-order valence-corrected chi connectivity index (χ4v) is 3.69. The van der Waals surface area contributed by atoms with E-state index in [2.05, 4.69) is 43.6 Å². The fourth-order valence-electron chi connectivity index (χ4n) is 3.69. The largest absolute Gasteiger partial charge is 0.356 e. The lowest BCUT2D eigenvalue weighted by Gasteiger charge is -2.25. The average molecular weight is 483 g/mol. The minimum absolute atomic E-state index is 0. The molecule has 1 aromatic rings. The van der Waals surface area contributed by atoms with Crippen LogP contribution in [0.1, 0.15) is 22.3 Å². The molecule has 0 radical (unpaired) electrons. The predicted molar refractivity (Wildman–Crippen MR) is 121 cm³/mol. The third-order valence-electron chi connectivity index (χ3n) is 5.15. The first kappa shape index (κ1) is 21.7. The molecule has 0 aromatic heterocycles. The molecule has 0 saturated carbocycles. The highest BCUT2D eigenvalue weighted by atomic mass is 127. The molecule has 0 spiro atoms. The zero-order valence-electron chi connectivity index (χ0n) is 16.1. The van der Waals surface area contributed by atoms with E-state index in [0.29, 0.717) is 11.6 Å². The lowest BCUT2D eigenvalue weighted by Crippen LogP contribution is -2.43. The molecule has 6 nitrogen and oxygen atoms in total. The molecule has 7 heteroatoms. The van der Waals surface area contributed by atoms with Gasteiger partial charge >= 0.3 is 0 Å². The normalized spacial score (nSPS) is 19.9. The summed E-state index contributed by atoms with van der Waals surface area (Å²) < 4.78 is 0. The predicted octanol–water partition coefficient (Wildman–Crippen LogP) is 1.73. The molecule has 2 N–H and O–H groups in total. The number of benzene rings is 1. The maximum absolute atomic E-state index is 11.7. The third-order valence-corrected chi connectivity index (χ3v) is 5.15. The Kier molecular flexibility index (Phi) is 8.56. The SMILES string of the molecule is CN=C(NCCc1cccc(C(=O)NC)c1)N1CCC(N2CC=CC2)C1.I. The molecule has 3 rings (SSSR count). The van der Waals surface area contributed by atoms with Crippen LogP contribution in [-0.2, 0) is 6.42 Å². The zero-order valence-corrected chi connectivity index (χ0v) is 18.5. The number of rotatable bonds is 5. The highest BCUT2D eigenvalue weighted by Gasteiger charge is 2.29. The van der Waals surface area contributed by atoms with Crippen LogP contribution in [0.5, 0.6) is 0 Å². The van der Waals surface area contributed by atoms with E-state index in [4.69, 9.17) is 0 Å². The molecular weight excluding hydrogens is 453 g/mol.